The highest BCUT2D eigenvalue weighted by Crippen LogP contribution is 2.25. The second kappa shape index (κ2) is 6.98. The van der Waals surface area contributed by atoms with E-state index in [0.717, 1.165) is 25.1 Å². The van der Waals surface area contributed by atoms with E-state index in [1.54, 1.807) is 37.1 Å². The Bertz CT molecular complexity index is 606. The smallest absolute Gasteiger partial charge is 0.260 e. The lowest BCUT2D eigenvalue weighted by Gasteiger charge is -2.32. The van der Waals surface area contributed by atoms with Crippen LogP contribution in [-0.2, 0) is 4.79 Å². The molecule has 0 bridgehead atoms. The summed E-state index contributed by atoms with van der Waals surface area (Å²) in [6.45, 7) is 1.51. The molecule has 1 aliphatic heterocycles. The van der Waals surface area contributed by atoms with Crippen molar-refractivity contribution in [3.05, 3.63) is 48.8 Å². The Kier molecular flexibility index (Phi) is 4.58. The van der Waals surface area contributed by atoms with E-state index in [-0.39, 0.29) is 18.4 Å². The first-order valence-electron chi connectivity index (χ1n) is 7.39. The molecule has 3 heterocycles. The molecule has 22 heavy (non-hydrogen) atoms. The van der Waals surface area contributed by atoms with Gasteiger partial charge in [0.15, 0.2) is 6.61 Å². The molecule has 6 nitrogen and oxygen atoms in total. The zero-order chi connectivity index (χ0) is 15.2. The van der Waals surface area contributed by atoms with Gasteiger partial charge in [-0.05, 0) is 31.0 Å². The second-order valence-electron chi connectivity index (χ2n) is 5.29. The van der Waals surface area contributed by atoms with Crippen LogP contribution in [0.2, 0.25) is 0 Å². The summed E-state index contributed by atoms with van der Waals surface area (Å²) in [5.41, 5.74) is 1.00. The first-order valence-corrected chi connectivity index (χ1v) is 7.39. The molecule has 1 fully saturated rings. The molecular formula is C16H18N4O2. The van der Waals surface area contributed by atoms with Gasteiger partial charge in [0.1, 0.15) is 12.1 Å². The summed E-state index contributed by atoms with van der Waals surface area (Å²) < 4.78 is 5.48. The molecular weight excluding hydrogens is 280 g/mol. The lowest BCUT2D eigenvalue weighted by molar-refractivity contribution is -0.134. The maximum atomic E-state index is 12.3. The van der Waals surface area contributed by atoms with Crippen LogP contribution in [0.3, 0.4) is 0 Å². The summed E-state index contributed by atoms with van der Waals surface area (Å²) in [6.07, 6.45) is 8.60. The number of carbonyl (C=O) groups is 1. The van der Waals surface area contributed by atoms with Crippen molar-refractivity contribution in [2.24, 2.45) is 0 Å². The highest BCUT2D eigenvalue weighted by atomic mass is 16.5. The second-order valence-corrected chi connectivity index (χ2v) is 5.29. The van der Waals surface area contributed by atoms with Crippen molar-refractivity contribution < 1.29 is 9.53 Å². The third-order valence-corrected chi connectivity index (χ3v) is 3.79. The Morgan fingerprint density at radius 1 is 1.32 bits per heavy atom. The van der Waals surface area contributed by atoms with E-state index < -0.39 is 0 Å². The molecule has 2 aromatic rings. The van der Waals surface area contributed by atoms with Crippen LogP contribution < -0.4 is 4.74 Å². The van der Waals surface area contributed by atoms with Gasteiger partial charge in [0.2, 0.25) is 0 Å². The van der Waals surface area contributed by atoms with Gasteiger partial charge in [-0.15, -0.1) is 0 Å². The summed E-state index contributed by atoms with van der Waals surface area (Å²) in [6, 6.07) is 5.50. The van der Waals surface area contributed by atoms with Crippen LogP contribution in [-0.4, -0.2) is 45.5 Å². The Morgan fingerprint density at radius 2 is 2.27 bits per heavy atom. The van der Waals surface area contributed by atoms with Crippen LogP contribution in [0.1, 0.15) is 24.5 Å². The third-order valence-electron chi connectivity index (χ3n) is 3.79. The predicted molar refractivity (Wildman–Crippen MR) is 80.3 cm³/mol. The molecule has 0 saturated carbocycles. The maximum absolute atomic E-state index is 12.3. The molecule has 2 aromatic heterocycles. The Morgan fingerprint density at radius 3 is 3.05 bits per heavy atom. The highest BCUT2D eigenvalue weighted by molar-refractivity contribution is 5.78. The van der Waals surface area contributed by atoms with Crippen LogP contribution >= 0.6 is 0 Å². The average molecular weight is 298 g/mol. The van der Waals surface area contributed by atoms with Crippen LogP contribution in [0.15, 0.2) is 43.1 Å². The van der Waals surface area contributed by atoms with Gasteiger partial charge in [0.05, 0.1) is 6.20 Å². The standard InChI is InChI=1S/C16H18N4O2/c21-16(11-22-14-4-1-6-17-9-14)20-8-2-3-13(10-20)15-5-7-18-12-19-15/h1,4-7,9,12-13H,2-3,8,10-11H2. The molecule has 114 valence electrons. The maximum Gasteiger partial charge on any atom is 0.260 e. The number of nitrogens with zero attached hydrogens (tertiary/aromatic N) is 4. The SMILES string of the molecule is O=C(COc1cccnc1)N1CCCC(c2ccncn2)C1. The van der Waals surface area contributed by atoms with Gasteiger partial charge in [-0.2, -0.15) is 0 Å². The molecule has 0 radical (unpaired) electrons. The molecule has 1 atom stereocenters. The van der Waals surface area contributed by atoms with E-state index >= 15 is 0 Å². The zero-order valence-corrected chi connectivity index (χ0v) is 12.3. The summed E-state index contributed by atoms with van der Waals surface area (Å²) in [4.78, 5) is 26.4. The fraction of sp³-hybridized carbons (Fsp3) is 0.375. The highest BCUT2D eigenvalue weighted by Gasteiger charge is 2.25. The van der Waals surface area contributed by atoms with E-state index in [2.05, 4.69) is 15.0 Å². The summed E-state index contributed by atoms with van der Waals surface area (Å²) >= 11 is 0. The molecule has 0 spiro atoms. The molecule has 3 rings (SSSR count). The van der Waals surface area contributed by atoms with Crippen LogP contribution in [0, 0.1) is 0 Å². The van der Waals surface area contributed by atoms with Crippen molar-refractivity contribution in [2.75, 3.05) is 19.7 Å². The van der Waals surface area contributed by atoms with E-state index in [1.807, 2.05) is 11.0 Å². The fourth-order valence-electron chi connectivity index (χ4n) is 2.66. The minimum Gasteiger partial charge on any atom is -0.482 e. The van der Waals surface area contributed by atoms with E-state index in [1.165, 1.54) is 0 Å². The predicted octanol–water partition coefficient (Wildman–Crippen LogP) is 1.66. The zero-order valence-electron chi connectivity index (χ0n) is 12.3. The lowest BCUT2D eigenvalue weighted by Crippen LogP contribution is -2.41. The number of hydrogen-bond donors (Lipinski definition) is 0. The molecule has 0 N–H and O–H groups in total. The molecule has 1 aliphatic rings. The van der Waals surface area contributed by atoms with Crippen LogP contribution in [0.5, 0.6) is 5.75 Å². The molecule has 1 saturated heterocycles. The minimum absolute atomic E-state index is 0.00242. The van der Waals surface area contributed by atoms with Crippen molar-refractivity contribution in [2.45, 2.75) is 18.8 Å². The molecule has 6 heteroatoms. The largest absolute Gasteiger partial charge is 0.482 e. The lowest BCUT2D eigenvalue weighted by atomic mass is 9.94. The molecule has 0 aromatic carbocycles. The summed E-state index contributed by atoms with van der Waals surface area (Å²) in [5.74, 6) is 0.891. The Balaban J connectivity index is 1.56. The quantitative estimate of drug-likeness (QED) is 0.858. The van der Waals surface area contributed by atoms with Gasteiger partial charge in [-0.1, -0.05) is 0 Å². The number of amides is 1. The van der Waals surface area contributed by atoms with Crippen molar-refractivity contribution in [1.82, 2.24) is 19.9 Å². The number of likely N-dealkylation sites (tertiary alicyclic amines) is 1. The van der Waals surface area contributed by atoms with Gasteiger partial charge in [0.25, 0.3) is 5.91 Å². The number of piperidine rings is 1. The van der Waals surface area contributed by atoms with E-state index in [0.29, 0.717) is 12.3 Å². The van der Waals surface area contributed by atoms with Crippen molar-refractivity contribution in [3.63, 3.8) is 0 Å². The number of hydrogen-bond acceptors (Lipinski definition) is 5. The topological polar surface area (TPSA) is 68.2 Å². The fourth-order valence-corrected chi connectivity index (χ4v) is 2.66. The van der Waals surface area contributed by atoms with Crippen molar-refractivity contribution >= 4 is 5.91 Å². The van der Waals surface area contributed by atoms with Gasteiger partial charge in [-0.25, -0.2) is 9.97 Å². The molecule has 0 aliphatic carbocycles. The number of pyridine rings is 1. The Hall–Kier alpha value is -2.50. The van der Waals surface area contributed by atoms with Crippen molar-refractivity contribution in [1.29, 1.82) is 0 Å². The first kappa shape index (κ1) is 14.4. The Labute approximate surface area is 129 Å². The van der Waals surface area contributed by atoms with Crippen molar-refractivity contribution in [3.8, 4) is 5.75 Å². The summed E-state index contributed by atoms with van der Waals surface area (Å²) in [7, 11) is 0. The van der Waals surface area contributed by atoms with Crippen LogP contribution in [0.4, 0.5) is 0 Å². The first-order chi connectivity index (χ1) is 10.8. The van der Waals surface area contributed by atoms with Gasteiger partial charge in [-0.3, -0.25) is 9.78 Å². The van der Waals surface area contributed by atoms with Gasteiger partial charge >= 0.3 is 0 Å². The van der Waals surface area contributed by atoms with E-state index in [4.69, 9.17) is 4.74 Å². The average Bonchev–Trinajstić information content (AvgIpc) is 2.61. The minimum atomic E-state index is 0.00242. The number of rotatable bonds is 4. The molecule has 1 amide bonds. The monoisotopic (exact) mass is 298 g/mol. The summed E-state index contributed by atoms with van der Waals surface area (Å²) in [5, 5.41) is 0. The number of ether oxygens (including phenoxy) is 1. The third kappa shape index (κ3) is 3.58. The molecule has 1 unspecified atom stereocenters. The normalized spacial score (nSPS) is 18.0. The van der Waals surface area contributed by atoms with Crippen LogP contribution in [0.25, 0.3) is 0 Å². The number of carbonyl (C=O) groups excluding carboxylic acids is 1. The van der Waals surface area contributed by atoms with Gasteiger partial charge in [0, 0.05) is 37.1 Å². The van der Waals surface area contributed by atoms with Gasteiger partial charge < -0.3 is 9.64 Å². The number of aromatic nitrogens is 3. The van der Waals surface area contributed by atoms with E-state index in [9.17, 15) is 4.79 Å².